The summed E-state index contributed by atoms with van der Waals surface area (Å²) in [4.78, 5) is 37.8. The Morgan fingerprint density at radius 3 is 2.04 bits per heavy atom. The van der Waals surface area contributed by atoms with E-state index in [0.29, 0.717) is 12.8 Å². The second-order valence-corrected chi connectivity index (χ2v) is 25.3. The molecule has 158 valence electrons. The molecule has 28 heavy (non-hydrogen) atoms. The molecule has 0 bridgehead atoms. The molecule has 0 N–H and O–H groups in total. The van der Waals surface area contributed by atoms with Crippen molar-refractivity contribution in [1.29, 1.82) is 0 Å². The number of esters is 2. The first-order valence-corrected chi connectivity index (χ1v) is 21.1. The molecule has 1 unspecified atom stereocenters. The van der Waals surface area contributed by atoms with Crippen molar-refractivity contribution >= 4 is 37.3 Å². The Kier molecular flexibility index (Phi) is 8.07. The minimum atomic E-state index is -2.16. The molecule has 0 aromatic carbocycles. The van der Waals surface area contributed by atoms with Gasteiger partial charge in [-0.25, -0.2) is 0 Å². The van der Waals surface area contributed by atoms with Crippen molar-refractivity contribution < 1.29 is 19.1 Å². The SMILES string of the molecule is CCOC(=O)C1(C(=O)OCC)C/C(=C\B2N(C)CCN2C)C([CH2][Sn]([CH3])([CH3])[CH3])C1. The first-order chi connectivity index (χ1) is 13.0. The van der Waals surface area contributed by atoms with Crippen molar-refractivity contribution in [3.8, 4) is 0 Å². The van der Waals surface area contributed by atoms with Crippen LogP contribution in [0.3, 0.4) is 0 Å². The van der Waals surface area contributed by atoms with Crippen LogP contribution in [-0.2, 0) is 19.1 Å². The average Bonchev–Trinajstić information content (AvgIpc) is 3.10. The number of ether oxygens (including phenoxy) is 2. The molecule has 2 fully saturated rings. The van der Waals surface area contributed by atoms with Crippen LogP contribution in [0.15, 0.2) is 11.5 Å². The zero-order valence-electron chi connectivity index (χ0n) is 18.7. The number of hydrogen-bond donors (Lipinski definition) is 0. The molecule has 0 aromatic rings. The van der Waals surface area contributed by atoms with E-state index >= 15 is 0 Å². The van der Waals surface area contributed by atoms with Gasteiger partial charge in [-0.1, -0.05) is 0 Å². The predicted octanol–water partition coefficient (Wildman–Crippen LogP) is 2.68. The van der Waals surface area contributed by atoms with Crippen LogP contribution in [0.25, 0.3) is 0 Å². The Hall–Kier alpha value is -0.536. The van der Waals surface area contributed by atoms with Gasteiger partial charge in [0, 0.05) is 0 Å². The summed E-state index contributed by atoms with van der Waals surface area (Å²) in [6, 6.07) is 0. The standard InChI is InChI=1S/C17H28BN2O4.3CH3.Sn/c1-6-23-15(21)17(16(22)24-7-2)10-13(3)14(11-17)12-18-19(4)8-9-20(18)5;;;;/h12-13H,3,6-11H2,1-2,4-5H3;3*1H3;/b14-12+;;;;. The zero-order chi connectivity index (χ0) is 21.1. The van der Waals surface area contributed by atoms with Crippen molar-refractivity contribution in [2.75, 3.05) is 40.4 Å². The normalized spacial score (nSPS) is 24.8. The number of carbonyl (C=O) groups excluding carboxylic acids is 2. The van der Waals surface area contributed by atoms with Crippen molar-refractivity contribution in [1.82, 2.24) is 9.62 Å². The molecular formula is C20H37BN2O4Sn. The van der Waals surface area contributed by atoms with Crippen LogP contribution in [0.4, 0.5) is 0 Å². The van der Waals surface area contributed by atoms with E-state index in [-0.39, 0.29) is 26.1 Å². The fourth-order valence-electron chi connectivity index (χ4n) is 4.55. The minimum absolute atomic E-state index is 0.216. The van der Waals surface area contributed by atoms with Gasteiger partial charge in [0.1, 0.15) is 0 Å². The van der Waals surface area contributed by atoms with Gasteiger partial charge in [0.2, 0.25) is 0 Å². The van der Waals surface area contributed by atoms with Crippen LogP contribution in [0.2, 0.25) is 19.3 Å². The van der Waals surface area contributed by atoms with Gasteiger partial charge in [-0.15, -0.1) is 0 Å². The summed E-state index contributed by atoms with van der Waals surface area (Å²) in [6.07, 6.45) is 0.945. The Morgan fingerprint density at radius 2 is 1.61 bits per heavy atom. The maximum atomic E-state index is 13.0. The van der Waals surface area contributed by atoms with Crippen molar-refractivity contribution in [2.45, 2.75) is 45.9 Å². The molecule has 1 aliphatic carbocycles. The van der Waals surface area contributed by atoms with E-state index in [2.05, 4.69) is 44.5 Å². The van der Waals surface area contributed by atoms with Gasteiger partial charge in [0.05, 0.1) is 0 Å². The summed E-state index contributed by atoms with van der Waals surface area (Å²) in [5, 5.41) is 0. The number of rotatable bonds is 7. The molecule has 1 aliphatic heterocycles. The number of carbonyl (C=O) groups is 2. The molecule has 1 atom stereocenters. The second kappa shape index (κ2) is 9.52. The van der Waals surface area contributed by atoms with E-state index in [4.69, 9.17) is 9.47 Å². The van der Waals surface area contributed by atoms with Gasteiger partial charge < -0.3 is 0 Å². The Morgan fingerprint density at radius 1 is 1.11 bits per heavy atom. The topological polar surface area (TPSA) is 59.1 Å². The van der Waals surface area contributed by atoms with E-state index in [9.17, 15) is 9.59 Å². The van der Waals surface area contributed by atoms with E-state index in [1.807, 2.05) is 0 Å². The number of likely N-dealkylation sites (N-methyl/N-ethyl adjacent to an activating group) is 2. The number of hydrogen-bond acceptors (Lipinski definition) is 6. The van der Waals surface area contributed by atoms with Crippen molar-refractivity contribution in [3.05, 3.63) is 11.5 Å². The van der Waals surface area contributed by atoms with E-state index in [1.54, 1.807) is 13.8 Å². The monoisotopic (exact) mass is 500 g/mol. The quantitative estimate of drug-likeness (QED) is 0.305. The number of nitrogens with zero attached hydrogens (tertiary/aromatic N) is 2. The van der Waals surface area contributed by atoms with Gasteiger partial charge in [0.25, 0.3) is 0 Å². The van der Waals surface area contributed by atoms with E-state index < -0.39 is 35.7 Å². The van der Waals surface area contributed by atoms with E-state index in [0.717, 1.165) is 17.5 Å². The third-order valence-electron chi connectivity index (χ3n) is 5.89. The summed E-state index contributed by atoms with van der Waals surface area (Å²) < 4.78 is 11.9. The zero-order valence-corrected chi connectivity index (χ0v) is 21.6. The maximum absolute atomic E-state index is 13.0. The summed E-state index contributed by atoms with van der Waals surface area (Å²) in [6.45, 7) is 6.38. The molecule has 0 aromatic heterocycles. The molecule has 1 heterocycles. The van der Waals surface area contributed by atoms with E-state index in [1.165, 1.54) is 5.57 Å². The van der Waals surface area contributed by atoms with Crippen LogP contribution in [0, 0.1) is 11.3 Å². The fourth-order valence-corrected chi connectivity index (χ4v) is 9.93. The van der Waals surface area contributed by atoms with Crippen LogP contribution in [-0.4, -0.2) is 87.3 Å². The number of allylic oxidation sites excluding steroid dienone is 1. The van der Waals surface area contributed by atoms with Gasteiger partial charge in [0.15, 0.2) is 0 Å². The first-order valence-electron chi connectivity index (χ1n) is 10.5. The molecule has 8 heteroatoms. The van der Waals surface area contributed by atoms with Crippen LogP contribution < -0.4 is 0 Å². The summed E-state index contributed by atoms with van der Waals surface area (Å²) in [5.74, 6) is 1.72. The van der Waals surface area contributed by atoms with Crippen LogP contribution >= 0.6 is 0 Å². The fraction of sp³-hybridized carbons (Fsp3) is 0.800. The predicted molar refractivity (Wildman–Crippen MR) is 116 cm³/mol. The molecule has 6 nitrogen and oxygen atoms in total. The summed E-state index contributed by atoms with van der Waals surface area (Å²) >= 11 is -2.16. The summed E-state index contributed by atoms with van der Waals surface area (Å²) in [5.41, 5.74) is 0.0494. The second-order valence-electron chi connectivity index (χ2n) is 9.48. The molecule has 1 saturated heterocycles. The third kappa shape index (κ3) is 5.33. The van der Waals surface area contributed by atoms with Crippen LogP contribution in [0.5, 0.6) is 0 Å². The third-order valence-corrected chi connectivity index (χ3v) is 10.8. The molecule has 2 rings (SSSR count). The molecule has 0 spiro atoms. The average molecular weight is 499 g/mol. The Bertz CT molecular complexity index is 592. The molecule has 0 radical (unpaired) electrons. The van der Waals surface area contributed by atoms with Gasteiger partial charge in [-0.2, -0.15) is 0 Å². The van der Waals surface area contributed by atoms with Crippen molar-refractivity contribution in [2.24, 2.45) is 11.3 Å². The molecule has 2 aliphatic rings. The van der Waals surface area contributed by atoms with Gasteiger partial charge in [-0.05, 0) is 0 Å². The molecular weight excluding hydrogens is 462 g/mol. The van der Waals surface area contributed by atoms with Gasteiger partial charge >= 0.3 is 175 Å². The first kappa shape index (κ1) is 23.7. The molecule has 0 amide bonds. The van der Waals surface area contributed by atoms with Gasteiger partial charge in [-0.3, -0.25) is 0 Å². The van der Waals surface area contributed by atoms with Crippen LogP contribution in [0.1, 0.15) is 26.7 Å². The van der Waals surface area contributed by atoms with Crippen molar-refractivity contribution in [3.63, 3.8) is 0 Å². The Labute approximate surface area is 175 Å². The summed E-state index contributed by atoms with van der Waals surface area (Å²) in [7, 11) is 4.25. The Balaban J connectivity index is 2.43. The molecule has 1 saturated carbocycles.